The Morgan fingerprint density at radius 1 is 1.40 bits per heavy atom. The van der Waals surface area contributed by atoms with Gasteiger partial charge in [-0.15, -0.1) is 35.3 Å². The summed E-state index contributed by atoms with van der Waals surface area (Å²) in [4.78, 5) is 6.62. The predicted octanol–water partition coefficient (Wildman–Crippen LogP) is 1.98. The molecule has 1 aromatic rings. The molecule has 0 amide bonds. The van der Waals surface area contributed by atoms with Gasteiger partial charge in [0.15, 0.2) is 15.8 Å². The second kappa shape index (κ2) is 14.6. The van der Waals surface area contributed by atoms with E-state index in [-0.39, 0.29) is 46.6 Å². The Hall–Kier alpha value is -0.470. The van der Waals surface area contributed by atoms with Crippen LogP contribution in [0.2, 0.25) is 0 Å². The van der Waals surface area contributed by atoms with Crippen molar-refractivity contribution in [3.8, 4) is 0 Å². The van der Waals surface area contributed by atoms with Crippen molar-refractivity contribution in [2.24, 2.45) is 4.99 Å². The normalized spacial score (nSPS) is 16.9. The minimum Gasteiger partial charge on any atom is -0.390 e. The summed E-state index contributed by atoms with van der Waals surface area (Å²) in [6.45, 7) is 5.77. The van der Waals surface area contributed by atoms with Crippen LogP contribution in [0.25, 0.3) is 0 Å². The Morgan fingerprint density at radius 3 is 2.73 bits per heavy atom. The molecule has 0 aliphatic carbocycles. The summed E-state index contributed by atoms with van der Waals surface area (Å²) >= 11 is 1.16. The maximum atomic E-state index is 12.3. The number of nitrogens with one attached hydrogen (secondary N) is 1. The van der Waals surface area contributed by atoms with Crippen molar-refractivity contribution in [1.82, 2.24) is 10.2 Å². The molecule has 174 valence electrons. The number of methoxy groups -OCH3 is 1. The molecule has 1 atom stereocenters. The first-order chi connectivity index (χ1) is 14.0. The molecule has 0 aromatic carbocycles. The largest absolute Gasteiger partial charge is 0.390 e. The topological polar surface area (TPSA) is 100 Å². The summed E-state index contributed by atoms with van der Waals surface area (Å²) in [6.07, 6.45) is 1.91. The SMILES string of the molecule is CCNC(=NCC(O)CS(=O)(=O)c1cccs1)N1CCC(OCCCOC)CC1.I. The number of aliphatic hydroxyl groups excluding tert-OH is 1. The Morgan fingerprint density at radius 2 is 2.13 bits per heavy atom. The van der Waals surface area contributed by atoms with Crippen molar-refractivity contribution in [2.45, 2.75) is 42.6 Å². The lowest BCUT2D eigenvalue weighted by molar-refractivity contribution is 0.00987. The van der Waals surface area contributed by atoms with E-state index >= 15 is 0 Å². The van der Waals surface area contributed by atoms with Crippen molar-refractivity contribution in [2.75, 3.05) is 52.3 Å². The van der Waals surface area contributed by atoms with Crippen LogP contribution in [0.1, 0.15) is 26.2 Å². The fourth-order valence-electron chi connectivity index (χ4n) is 3.13. The Bertz CT molecular complexity index is 708. The molecule has 0 radical (unpaired) electrons. The zero-order valence-electron chi connectivity index (χ0n) is 17.7. The number of likely N-dealkylation sites (tertiary alicyclic amines) is 1. The van der Waals surface area contributed by atoms with Gasteiger partial charge in [0, 0.05) is 40.0 Å². The molecule has 30 heavy (non-hydrogen) atoms. The smallest absolute Gasteiger partial charge is 0.194 e. The van der Waals surface area contributed by atoms with Gasteiger partial charge in [0.1, 0.15) is 4.21 Å². The molecule has 2 heterocycles. The van der Waals surface area contributed by atoms with Gasteiger partial charge < -0.3 is 24.8 Å². The summed E-state index contributed by atoms with van der Waals surface area (Å²) in [6, 6.07) is 3.25. The number of guanidine groups is 1. The molecule has 1 aliphatic heterocycles. The van der Waals surface area contributed by atoms with Crippen molar-refractivity contribution in [3.63, 3.8) is 0 Å². The number of hydrogen-bond donors (Lipinski definition) is 2. The standard InChI is InChI=1S/C19H33N3O5S2.HI/c1-3-20-19(22-9-7-17(8-10-22)27-12-5-11-26-2)21-14-16(23)15-29(24,25)18-6-4-13-28-18;/h4,6,13,16-17,23H,3,5,7-12,14-15H2,1-2H3,(H,20,21);1H. The predicted molar refractivity (Wildman–Crippen MR) is 131 cm³/mol. The number of aliphatic hydroxyl groups is 1. The van der Waals surface area contributed by atoms with Gasteiger partial charge >= 0.3 is 0 Å². The highest BCUT2D eigenvalue weighted by Crippen LogP contribution is 2.18. The Kier molecular flexibility index (Phi) is 13.4. The molecule has 0 bridgehead atoms. The molecule has 0 saturated carbocycles. The lowest BCUT2D eigenvalue weighted by Crippen LogP contribution is -2.47. The molecule has 1 aliphatic rings. The molecular formula is C19H34IN3O5S2. The van der Waals surface area contributed by atoms with Gasteiger partial charge in [0.2, 0.25) is 0 Å². The molecule has 1 unspecified atom stereocenters. The number of ether oxygens (including phenoxy) is 2. The van der Waals surface area contributed by atoms with Gasteiger partial charge in [-0.3, -0.25) is 4.99 Å². The van der Waals surface area contributed by atoms with Crippen LogP contribution in [-0.4, -0.2) is 88.8 Å². The van der Waals surface area contributed by atoms with E-state index in [0.29, 0.717) is 25.7 Å². The third-order valence-electron chi connectivity index (χ3n) is 4.59. The first-order valence-electron chi connectivity index (χ1n) is 10.0. The van der Waals surface area contributed by atoms with Crippen molar-refractivity contribution >= 4 is 51.1 Å². The summed E-state index contributed by atoms with van der Waals surface area (Å²) in [5.41, 5.74) is 0. The average molecular weight is 576 g/mol. The maximum absolute atomic E-state index is 12.3. The van der Waals surface area contributed by atoms with E-state index < -0.39 is 15.9 Å². The van der Waals surface area contributed by atoms with Gasteiger partial charge in [0.05, 0.1) is 24.5 Å². The van der Waals surface area contributed by atoms with Crippen LogP contribution in [0.3, 0.4) is 0 Å². The van der Waals surface area contributed by atoms with Crippen LogP contribution in [0.5, 0.6) is 0 Å². The number of rotatable bonds is 11. The van der Waals surface area contributed by atoms with Gasteiger partial charge in [-0.25, -0.2) is 8.42 Å². The van der Waals surface area contributed by atoms with E-state index in [1.54, 1.807) is 24.6 Å². The number of halogens is 1. The molecule has 0 spiro atoms. The zero-order chi connectivity index (χ0) is 21.1. The highest BCUT2D eigenvalue weighted by molar-refractivity contribution is 14.0. The molecular weight excluding hydrogens is 541 g/mol. The summed E-state index contributed by atoms with van der Waals surface area (Å²) in [5.74, 6) is 0.381. The lowest BCUT2D eigenvalue weighted by atomic mass is 10.1. The van der Waals surface area contributed by atoms with Crippen molar-refractivity contribution in [3.05, 3.63) is 17.5 Å². The zero-order valence-corrected chi connectivity index (χ0v) is 21.6. The molecule has 8 nitrogen and oxygen atoms in total. The van der Waals surface area contributed by atoms with Crippen LogP contribution in [0, 0.1) is 0 Å². The highest BCUT2D eigenvalue weighted by Gasteiger charge is 2.23. The quantitative estimate of drug-likeness (QED) is 0.180. The molecule has 1 fully saturated rings. The number of aliphatic imine (C=N–C) groups is 1. The summed E-state index contributed by atoms with van der Waals surface area (Å²) in [7, 11) is -1.79. The van der Waals surface area contributed by atoms with E-state index in [1.807, 2.05) is 6.92 Å². The number of hydrogen-bond acceptors (Lipinski definition) is 7. The molecule has 1 saturated heterocycles. The number of thiophene rings is 1. The lowest BCUT2D eigenvalue weighted by Gasteiger charge is -2.34. The Labute approximate surface area is 201 Å². The van der Waals surface area contributed by atoms with Gasteiger partial charge in [-0.1, -0.05) is 6.07 Å². The third-order valence-corrected chi connectivity index (χ3v) is 7.87. The Balaban J connectivity index is 0.00000450. The van der Waals surface area contributed by atoms with Crippen molar-refractivity contribution < 1.29 is 23.0 Å². The van der Waals surface area contributed by atoms with E-state index in [1.165, 1.54) is 0 Å². The fraction of sp³-hybridized carbons (Fsp3) is 0.737. The van der Waals surface area contributed by atoms with Crippen molar-refractivity contribution in [1.29, 1.82) is 0 Å². The van der Waals surface area contributed by atoms with E-state index in [9.17, 15) is 13.5 Å². The first kappa shape index (κ1) is 27.6. The average Bonchev–Trinajstić information content (AvgIpc) is 3.25. The number of nitrogens with zero attached hydrogens (tertiary/aromatic N) is 2. The summed E-state index contributed by atoms with van der Waals surface area (Å²) < 4.78 is 35.8. The highest BCUT2D eigenvalue weighted by atomic mass is 127. The van der Waals surface area contributed by atoms with Gasteiger partial charge in [-0.05, 0) is 37.6 Å². The monoisotopic (exact) mass is 575 g/mol. The van der Waals surface area contributed by atoms with Crippen LogP contribution in [0.4, 0.5) is 0 Å². The minimum atomic E-state index is -3.48. The fourth-order valence-corrected chi connectivity index (χ4v) is 5.60. The number of piperidine rings is 1. The molecule has 11 heteroatoms. The van der Waals surface area contributed by atoms with E-state index in [4.69, 9.17) is 9.47 Å². The molecule has 2 rings (SSSR count). The van der Waals surface area contributed by atoms with E-state index in [2.05, 4.69) is 15.2 Å². The second-order valence-corrected chi connectivity index (χ2v) is 10.2. The van der Waals surface area contributed by atoms with Gasteiger partial charge in [-0.2, -0.15) is 0 Å². The second-order valence-electron chi connectivity index (χ2n) is 6.97. The third kappa shape index (κ3) is 9.35. The van der Waals surface area contributed by atoms with Crippen LogP contribution in [0.15, 0.2) is 26.7 Å². The maximum Gasteiger partial charge on any atom is 0.194 e. The minimum absolute atomic E-state index is 0. The van der Waals surface area contributed by atoms with E-state index in [0.717, 1.165) is 43.7 Å². The number of sulfone groups is 1. The van der Waals surface area contributed by atoms with Crippen LogP contribution >= 0.6 is 35.3 Å². The van der Waals surface area contributed by atoms with Crippen LogP contribution < -0.4 is 5.32 Å². The van der Waals surface area contributed by atoms with Gasteiger partial charge in [0.25, 0.3) is 0 Å². The summed E-state index contributed by atoms with van der Waals surface area (Å²) in [5, 5.41) is 15.2. The molecule has 1 aromatic heterocycles. The van der Waals surface area contributed by atoms with Crippen LogP contribution in [-0.2, 0) is 19.3 Å². The molecule has 2 N–H and O–H groups in total. The first-order valence-corrected chi connectivity index (χ1v) is 12.6.